The summed E-state index contributed by atoms with van der Waals surface area (Å²) in [6.45, 7) is 0.511. The second kappa shape index (κ2) is 7.69. The van der Waals surface area contributed by atoms with E-state index in [1.807, 2.05) is 18.2 Å². The average molecular weight is 343 g/mol. The highest BCUT2D eigenvalue weighted by Crippen LogP contribution is 2.21. The first-order valence-corrected chi connectivity index (χ1v) is 7.76. The molecule has 0 saturated heterocycles. The third-order valence-corrected chi connectivity index (χ3v) is 3.96. The molecule has 0 aliphatic heterocycles. The molecule has 0 bridgehead atoms. The molecule has 0 saturated carbocycles. The maximum absolute atomic E-state index is 12.0. The molecule has 110 valence electrons. The van der Waals surface area contributed by atoms with Crippen LogP contribution in [0.1, 0.15) is 21.5 Å². The van der Waals surface area contributed by atoms with E-state index in [0.29, 0.717) is 34.5 Å². The van der Waals surface area contributed by atoms with Crippen LogP contribution in [0.4, 0.5) is 0 Å². The second-order valence-corrected chi connectivity index (χ2v) is 5.68. The summed E-state index contributed by atoms with van der Waals surface area (Å²) in [6, 6.07) is 12.6. The summed E-state index contributed by atoms with van der Waals surface area (Å²) in [5.74, 6) is 0.331. The van der Waals surface area contributed by atoms with Gasteiger partial charge >= 0.3 is 0 Å². The number of alkyl halides is 1. The molecule has 0 radical (unpaired) electrons. The normalized spacial score (nSPS) is 10.4. The van der Waals surface area contributed by atoms with Crippen LogP contribution >= 0.6 is 34.8 Å². The van der Waals surface area contributed by atoms with E-state index >= 15 is 0 Å². The molecule has 2 rings (SSSR count). The summed E-state index contributed by atoms with van der Waals surface area (Å²) < 4.78 is 0. The Labute approximate surface area is 139 Å². The summed E-state index contributed by atoms with van der Waals surface area (Å²) in [5.41, 5.74) is 2.56. The zero-order valence-corrected chi connectivity index (χ0v) is 13.5. The molecule has 1 N–H and O–H groups in total. The number of hydrogen-bond donors (Lipinski definition) is 1. The van der Waals surface area contributed by atoms with Crippen LogP contribution in [0.2, 0.25) is 10.0 Å². The van der Waals surface area contributed by atoms with Gasteiger partial charge in [0.25, 0.3) is 5.91 Å². The minimum absolute atomic E-state index is 0.110. The van der Waals surface area contributed by atoms with E-state index in [2.05, 4.69) is 5.32 Å². The summed E-state index contributed by atoms with van der Waals surface area (Å²) in [5, 5.41) is 4.08. The van der Waals surface area contributed by atoms with E-state index in [-0.39, 0.29) is 5.91 Å². The van der Waals surface area contributed by atoms with Gasteiger partial charge in [-0.1, -0.05) is 41.4 Å². The van der Waals surface area contributed by atoms with E-state index < -0.39 is 0 Å². The van der Waals surface area contributed by atoms with Gasteiger partial charge in [-0.25, -0.2) is 0 Å². The fourth-order valence-corrected chi connectivity index (χ4v) is 2.56. The lowest BCUT2D eigenvalue weighted by molar-refractivity contribution is 0.0954. The van der Waals surface area contributed by atoms with Crippen LogP contribution in [0.3, 0.4) is 0 Å². The molecule has 2 aromatic carbocycles. The van der Waals surface area contributed by atoms with Gasteiger partial charge in [-0.15, -0.1) is 11.6 Å². The monoisotopic (exact) mass is 341 g/mol. The number of hydrogen-bond acceptors (Lipinski definition) is 1. The molecule has 0 spiro atoms. The Morgan fingerprint density at radius 1 is 1.05 bits per heavy atom. The van der Waals surface area contributed by atoms with Crippen molar-refractivity contribution in [1.29, 1.82) is 0 Å². The molecule has 0 aromatic heterocycles. The Morgan fingerprint density at radius 3 is 2.38 bits per heavy atom. The van der Waals surface area contributed by atoms with Gasteiger partial charge in [0.05, 0.1) is 0 Å². The van der Waals surface area contributed by atoms with Gasteiger partial charge in [0.2, 0.25) is 0 Å². The number of halogens is 3. The summed E-state index contributed by atoms with van der Waals surface area (Å²) in [4.78, 5) is 12.0. The second-order valence-electron chi connectivity index (χ2n) is 4.57. The lowest BCUT2D eigenvalue weighted by Crippen LogP contribution is -2.25. The molecule has 5 heteroatoms. The molecule has 1 amide bonds. The van der Waals surface area contributed by atoms with Gasteiger partial charge in [0.15, 0.2) is 0 Å². The van der Waals surface area contributed by atoms with Crippen LogP contribution in [0.5, 0.6) is 0 Å². The molecule has 0 atom stereocenters. The zero-order chi connectivity index (χ0) is 15.2. The minimum atomic E-state index is -0.110. The third-order valence-electron chi connectivity index (χ3n) is 3.07. The minimum Gasteiger partial charge on any atom is -0.352 e. The van der Waals surface area contributed by atoms with E-state index in [1.54, 1.807) is 24.3 Å². The largest absolute Gasteiger partial charge is 0.352 e. The van der Waals surface area contributed by atoms with Gasteiger partial charge in [-0.3, -0.25) is 4.79 Å². The van der Waals surface area contributed by atoms with Crippen LogP contribution in [-0.4, -0.2) is 12.5 Å². The molecule has 0 aliphatic rings. The number of nitrogens with one attached hydrogen (secondary N) is 1. The highest BCUT2D eigenvalue weighted by atomic mass is 35.5. The molecular weight excluding hydrogens is 329 g/mol. The molecule has 0 unspecified atom stereocenters. The first-order chi connectivity index (χ1) is 10.1. The van der Waals surface area contributed by atoms with Crippen molar-refractivity contribution in [2.24, 2.45) is 0 Å². The van der Waals surface area contributed by atoms with Crippen molar-refractivity contribution >= 4 is 40.7 Å². The van der Waals surface area contributed by atoms with E-state index in [9.17, 15) is 4.79 Å². The van der Waals surface area contributed by atoms with Crippen molar-refractivity contribution in [2.45, 2.75) is 12.3 Å². The number of carbonyl (C=O) groups is 1. The Hall–Kier alpha value is -1.22. The zero-order valence-electron chi connectivity index (χ0n) is 11.2. The molecule has 0 aliphatic carbocycles. The average Bonchev–Trinajstić information content (AvgIpc) is 2.49. The van der Waals surface area contributed by atoms with Crippen LogP contribution in [-0.2, 0) is 12.3 Å². The summed E-state index contributed by atoms with van der Waals surface area (Å²) in [7, 11) is 0. The fourth-order valence-electron chi connectivity index (χ4n) is 1.88. The fraction of sp³-hybridized carbons (Fsp3) is 0.188. The topological polar surface area (TPSA) is 29.1 Å². The molecule has 21 heavy (non-hydrogen) atoms. The highest BCUT2D eigenvalue weighted by molar-refractivity contribution is 6.35. The van der Waals surface area contributed by atoms with Crippen molar-refractivity contribution in [3.05, 3.63) is 69.2 Å². The van der Waals surface area contributed by atoms with E-state index in [4.69, 9.17) is 34.8 Å². The van der Waals surface area contributed by atoms with Crippen molar-refractivity contribution in [3.8, 4) is 0 Å². The third kappa shape index (κ3) is 4.63. The van der Waals surface area contributed by atoms with E-state index in [0.717, 1.165) is 11.1 Å². The number of carbonyl (C=O) groups excluding carboxylic acids is 1. The Morgan fingerprint density at radius 2 is 1.76 bits per heavy atom. The lowest BCUT2D eigenvalue weighted by atomic mass is 10.1. The van der Waals surface area contributed by atoms with Gasteiger partial charge < -0.3 is 5.32 Å². The van der Waals surface area contributed by atoms with Crippen LogP contribution in [0.15, 0.2) is 42.5 Å². The van der Waals surface area contributed by atoms with Gasteiger partial charge in [0, 0.05) is 28.0 Å². The molecule has 0 fully saturated rings. The van der Waals surface area contributed by atoms with Crippen LogP contribution in [0, 0.1) is 0 Å². The summed E-state index contributed by atoms with van der Waals surface area (Å²) >= 11 is 17.6. The van der Waals surface area contributed by atoms with Crippen molar-refractivity contribution in [2.75, 3.05) is 6.54 Å². The Kier molecular flexibility index (Phi) is 5.92. The maximum atomic E-state index is 12.0. The smallest absolute Gasteiger partial charge is 0.251 e. The molecular formula is C16H14Cl3NO. The van der Waals surface area contributed by atoms with Crippen LogP contribution in [0.25, 0.3) is 0 Å². The Bertz CT molecular complexity index is 626. The number of rotatable bonds is 5. The predicted octanol–water partition coefficient (Wildman–Crippen LogP) is 4.70. The van der Waals surface area contributed by atoms with Crippen LogP contribution < -0.4 is 5.32 Å². The summed E-state index contributed by atoms with van der Waals surface area (Å²) in [6.07, 6.45) is 0.654. The molecule has 2 nitrogen and oxygen atoms in total. The number of benzene rings is 2. The SMILES string of the molecule is O=C(NCCc1ccc(Cl)cc1Cl)c1ccc(CCl)cc1. The van der Waals surface area contributed by atoms with Crippen molar-refractivity contribution in [3.63, 3.8) is 0 Å². The van der Waals surface area contributed by atoms with Crippen molar-refractivity contribution < 1.29 is 4.79 Å². The molecule has 0 heterocycles. The van der Waals surface area contributed by atoms with E-state index in [1.165, 1.54) is 0 Å². The first-order valence-electron chi connectivity index (χ1n) is 6.47. The van der Waals surface area contributed by atoms with Gasteiger partial charge in [0.1, 0.15) is 0 Å². The standard InChI is InChI=1S/C16H14Cl3NO/c17-10-11-1-3-13(4-2-11)16(21)20-8-7-12-5-6-14(18)9-15(12)19/h1-6,9H,7-8,10H2,(H,20,21). The first kappa shape index (κ1) is 16.2. The van der Waals surface area contributed by atoms with Gasteiger partial charge in [-0.2, -0.15) is 0 Å². The lowest BCUT2D eigenvalue weighted by Gasteiger charge is -2.07. The van der Waals surface area contributed by atoms with Gasteiger partial charge in [-0.05, 0) is 41.8 Å². The Balaban J connectivity index is 1.88. The maximum Gasteiger partial charge on any atom is 0.251 e. The highest BCUT2D eigenvalue weighted by Gasteiger charge is 2.06. The van der Waals surface area contributed by atoms with Crippen molar-refractivity contribution in [1.82, 2.24) is 5.32 Å². The molecule has 2 aromatic rings. The predicted molar refractivity (Wildman–Crippen MR) is 88.5 cm³/mol. The number of amides is 1. The quantitative estimate of drug-likeness (QED) is 0.784.